The SMILES string of the molecule is CCNC(=NCc1cccc(C)c1)N(C)Cc1cccn1C.I. The largest absolute Gasteiger partial charge is 0.357 e. The van der Waals surface area contributed by atoms with Crippen LogP contribution in [0.1, 0.15) is 23.7 Å². The summed E-state index contributed by atoms with van der Waals surface area (Å²) in [6, 6.07) is 12.7. The molecule has 0 bridgehead atoms. The van der Waals surface area contributed by atoms with Crippen LogP contribution in [0.3, 0.4) is 0 Å². The highest BCUT2D eigenvalue weighted by molar-refractivity contribution is 14.0. The number of nitrogens with one attached hydrogen (secondary N) is 1. The maximum atomic E-state index is 4.76. The average Bonchev–Trinajstić information content (AvgIpc) is 2.88. The minimum absolute atomic E-state index is 0. The molecule has 0 spiro atoms. The Morgan fingerprint density at radius 3 is 2.65 bits per heavy atom. The van der Waals surface area contributed by atoms with Crippen LogP contribution < -0.4 is 5.32 Å². The predicted molar refractivity (Wildman–Crippen MR) is 108 cm³/mol. The van der Waals surface area contributed by atoms with Crippen molar-refractivity contribution in [2.45, 2.75) is 26.9 Å². The molecule has 0 unspecified atom stereocenters. The fourth-order valence-electron chi connectivity index (χ4n) is 2.42. The lowest BCUT2D eigenvalue weighted by Crippen LogP contribution is -2.38. The lowest BCUT2D eigenvalue weighted by Gasteiger charge is -2.22. The van der Waals surface area contributed by atoms with Gasteiger partial charge in [-0.3, -0.25) is 0 Å². The van der Waals surface area contributed by atoms with Gasteiger partial charge in [0.15, 0.2) is 5.96 Å². The molecule has 2 rings (SSSR count). The van der Waals surface area contributed by atoms with Crippen LogP contribution >= 0.6 is 24.0 Å². The molecule has 0 atom stereocenters. The smallest absolute Gasteiger partial charge is 0.194 e. The number of aromatic nitrogens is 1. The lowest BCUT2D eigenvalue weighted by molar-refractivity contribution is 0.462. The van der Waals surface area contributed by atoms with Crippen LogP contribution in [0.15, 0.2) is 47.6 Å². The number of hydrogen-bond acceptors (Lipinski definition) is 1. The van der Waals surface area contributed by atoms with Gasteiger partial charge >= 0.3 is 0 Å². The van der Waals surface area contributed by atoms with E-state index in [1.54, 1.807) is 0 Å². The summed E-state index contributed by atoms with van der Waals surface area (Å²) in [6.45, 7) is 6.60. The number of halogens is 1. The summed E-state index contributed by atoms with van der Waals surface area (Å²) in [7, 11) is 4.14. The van der Waals surface area contributed by atoms with Gasteiger partial charge in [0, 0.05) is 32.5 Å². The summed E-state index contributed by atoms with van der Waals surface area (Å²) >= 11 is 0. The van der Waals surface area contributed by atoms with Gasteiger partial charge in [-0.05, 0) is 31.5 Å². The van der Waals surface area contributed by atoms with E-state index in [1.165, 1.54) is 16.8 Å². The second-order valence-electron chi connectivity index (χ2n) is 5.63. The molecule has 0 radical (unpaired) electrons. The molecular formula is C18H27IN4. The third-order valence-electron chi connectivity index (χ3n) is 3.64. The van der Waals surface area contributed by atoms with Gasteiger partial charge in [-0.1, -0.05) is 29.8 Å². The van der Waals surface area contributed by atoms with Crippen LogP contribution in [0.5, 0.6) is 0 Å². The number of hydrogen-bond donors (Lipinski definition) is 1. The number of benzene rings is 1. The third-order valence-corrected chi connectivity index (χ3v) is 3.64. The van der Waals surface area contributed by atoms with Crippen molar-refractivity contribution in [3.63, 3.8) is 0 Å². The monoisotopic (exact) mass is 426 g/mol. The predicted octanol–water partition coefficient (Wildman–Crippen LogP) is 3.55. The molecule has 1 N–H and O–H groups in total. The number of aryl methyl sites for hydroxylation is 2. The highest BCUT2D eigenvalue weighted by Crippen LogP contribution is 2.07. The molecule has 2 aromatic rings. The van der Waals surface area contributed by atoms with Crippen molar-refractivity contribution in [1.82, 2.24) is 14.8 Å². The molecule has 0 aliphatic rings. The van der Waals surface area contributed by atoms with E-state index < -0.39 is 0 Å². The first-order valence-electron chi connectivity index (χ1n) is 7.75. The molecule has 1 aromatic carbocycles. The van der Waals surface area contributed by atoms with Gasteiger partial charge in [-0.25, -0.2) is 4.99 Å². The highest BCUT2D eigenvalue weighted by Gasteiger charge is 2.08. The van der Waals surface area contributed by atoms with E-state index in [2.05, 4.69) is 85.3 Å². The van der Waals surface area contributed by atoms with Crippen molar-refractivity contribution in [3.8, 4) is 0 Å². The fourth-order valence-corrected chi connectivity index (χ4v) is 2.42. The van der Waals surface area contributed by atoms with Crippen molar-refractivity contribution < 1.29 is 0 Å². The van der Waals surface area contributed by atoms with Gasteiger partial charge < -0.3 is 14.8 Å². The normalized spacial score (nSPS) is 11.0. The molecule has 0 amide bonds. The second-order valence-corrected chi connectivity index (χ2v) is 5.63. The van der Waals surface area contributed by atoms with Crippen LogP contribution in [-0.4, -0.2) is 29.0 Å². The minimum atomic E-state index is 0. The number of aliphatic imine (C=N–C) groups is 1. The summed E-state index contributed by atoms with van der Waals surface area (Å²) in [6.07, 6.45) is 2.07. The molecule has 0 aliphatic carbocycles. The van der Waals surface area contributed by atoms with Crippen molar-refractivity contribution in [2.75, 3.05) is 13.6 Å². The summed E-state index contributed by atoms with van der Waals surface area (Å²) < 4.78 is 2.14. The quantitative estimate of drug-likeness (QED) is 0.451. The highest BCUT2D eigenvalue weighted by atomic mass is 127. The Bertz CT molecular complexity index is 633. The van der Waals surface area contributed by atoms with Crippen LogP contribution in [-0.2, 0) is 20.1 Å². The summed E-state index contributed by atoms with van der Waals surface area (Å²) in [5, 5.41) is 3.37. The van der Waals surface area contributed by atoms with Crippen molar-refractivity contribution >= 4 is 29.9 Å². The Labute approximate surface area is 156 Å². The molecule has 0 saturated heterocycles. The maximum Gasteiger partial charge on any atom is 0.194 e. The standard InChI is InChI=1S/C18H26N4.HI/c1-5-19-18(20-13-16-9-6-8-15(2)12-16)22(4)14-17-10-7-11-21(17)3;/h6-12H,5,13-14H2,1-4H3,(H,19,20);1H. The first-order valence-corrected chi connectivity index (χ1v) is 7.75. The molecule has 1 heterocycles. The van der Waals surface area contributed by atoms with E-state index in [0.717, 1.165) is 19.0 Å². The van der Waals surface area contributed by atoms with Gasteiger partial charge in [0.2, 0.25) is 0 Å². The van der Waals surface area contributed by atoms with E-state index in [0.29, 0.717) is 6.54 Å². The summed E-state index contributed by atoms with van der Waals surface area (Å²) in [5.74, 6) is 0.935. The van der Waals surface area contributed by atoms with Gasteiger partial charge in [0.25, 0.3) is 0 Å². The topological polar surface area (TPSA) is 32.6 Å². The van der Waals surface area contributed by atoms with Crippen LogP contribution in [0.25, 0.3) is 0 Å². The zero-order valence-corrected chi connectivity index (χ0v) is 16.7. The molecule has 0 aliphatic heterocycles. The second kappa shape index (κ2) is 9.60. The lowest BCUT2D eigenvalue weighted by atomic mass is 10.1. The molecule has 0 fully saturated rings. The van der Waals surface area contributed by atoms with E-state index in [4.69, 9.17) is 4.99 Å². The van der Waals surface area contributed by atoms with E-state index >= 15 is 0 Å². The van der Waals surface area contributed by atoms with E-state index in [1.807, 2.05) is 0 Å². The molecule has 5 heteroatoms. The van der Waals surface area contributed by atoms with Crippen molar-refractivity contribution in [2.24, 2.45) is 12.0 Å². The Morgan fingerprint density at radius 1 is 1.26 bits per heavy atom. The zero-order chi connectivity index (χ0) is 15.9. The van der Waals surface area contributed by atoms with Gasteiger partial charge in [0.05, 0.1) is 13.1 Å². The van der Waals surface area contributed by atoms with Crippen LogP contribution in [0.4, 0.5) is 0 Å². The molecule has 0 saturated carbocycles. The van der Waals surface area contributed by atoms with Crippen molar-refractivity contribution in [3.05, 3.63) is 59.4 Å². The maximum absolute atomic E-state index is 4.76. The number of rotatable bonds is 5. The van der Waals surface area contributed by atoms with E-state index in [9.17, 15) is 0 Å². The van der Waals surface area contributed by atoms with Crippen LogP contribution in [0.2, 0.25) is 0 Å². The van der Waals surface area contributed by atoms with Gasteiger partial charge in [-0.15, -0.1) is 24.0 Å². The Hall–Kier alpha value is -1.50. The van der Waals surface area contributed by atoms with Crippen molar-refractivity contribution in [1.29, 1.82) is 0 Å². The third kappa shape index (κ3) is 5.89. The van der Waals surface area contributed by atoms with E-state index in [-0.39, 0.29) is 24.0 Å². The summed E-state index contributed by atoms with van der Waals surface area (Å²) in [4.78, 5) is 6.92. The average molecular weight is 426 g/mol. The van der Waals surface area contributed by atoms with Gasteiger partial charge in [0.1, 0.15) is 0 Å². The molecule has 23 heavy (non-hydrogen) atoms. The van der Waals surface area contributed by atoms with Crippen LogP contribution in [0, 0.1) is 6.92 Å². The Kier molecular flexibility index (Phi) is 8.16. The Balaban J connectivity index is 0.00000264. The molecular weight excluding hydrogens is 399 g/mol. The summed E-state index contributed by atoms with van der Waals surface area (Å²) in [5.41, 5.74) is 3.78. The first-order chi connectivity index (χ1) is 10.6. The molecule has 1 aromatic heterocycles. The number of guanidine groups is 1. The first kappa shape index (κ1) is 19.5. The molecule has 4 nitrogen and oxygen atoms in total. The Morgan fingerprint density at radius 2 is 2.04 bits per heavy atom. The minimum Gasteiger partial charge on any atom is -0.357 e. The van der Waals surface area contributed by atoms with Gasteiger partial charge in [-0.2, -0.15) is 0 Å². The number of nitrogens with zero attached hydrogens (tertiary/aromatic N) is 3. The fraction of sp³-hybridized carbons (Fsp3) is 0.389. The molecule has 126 valence electrons. The zero-order valence-electron chi connectivity index (χ0n) is 14.4.